The average Bonchev–Trinajstić information content (AvgIpc) is 2.61. The second-order valence-electron chi connectivity index (χ2n) is 5.26. The molecular formula is C18H21N3O3. The van der Waals surface area contributed by atoms with Crippen LogP contribution in [0, 0.1) is 0 Å². The Bertz CT molecular complexity index is 714. The van der Waals surface area contributed by atoms with Crippen molar-refractivity contribution in [1.82, 2.24) is 5.43 Å². The molecule has 1 atom stereocenters. The minimum atomic E-state index is -0.717. The van der Waals surface area contributed by atoms with Gasteiger partial charge in [0.1, 0.15) is 5.75 Å². The molecule has 4 N–H and O–H groups in total. The van der Waals surface area contributed by atoms with Crippen LogP contribution in [0.4, 0.5) is 5.69 Å². The van der Waals surface area contributed by atoms with Crippen molar-refractivity contribution in [3.05, 3.63) is 59.7 Å². The zero-order valence-corrected chi connectivity index (χ0v) is 13.7. The Balaban J connectivity index is 2.05. The summed E-state index contributed by atoms with van der Waals surface area (Å²) in [6.07, 6.45) is 0.121. The number of hydrazine groups is 1. The van der Waals surface area contributed by atoms with E-state index in [0.717, 1.165) is 17.7 Å². The number of para-hydroxylation sites is 1. The van der Waals surface area contributed by atoms with E-state index in [2.05, 4.69) is 5.32 Å². The van der Waals surface area contributed by atoms with Gasteiger partial charge in [-0.05, 0) is 49.2 Å². The molecule has 1 unspecified atom stereocenters. The fourth-order valence-corrected chi connectivity index (χ4v) is 2.20. The fourth-order valence-electron chi connectivity index (χ4n) is 2.20. The van der Waals surface area contributed by atoms with Crippen molar-refractivity contribution in [3.63, 3.8) is 0 Å². The minimum Gasteiger partial charge on any atom is -0.481 e. The smallest absolute Gasteiger partial charge is 0.274 e. The van der Waals surface area contributed by atoms with E-state index < -0.39 is 12.0 Å². The number of hydrogen-bond acceptors (Lipinski definition) is 4. The molecule has 2 rings (SSSR count). The molecular weight excluding hydrogens is 306 g/mol. The Morgan fingerprint density at radius 2 is 1.79 bits per heavy atom. The Morgan fingerprint density at radius 1 is 1.12 bits per heavy atom. The molecule has 2 aromatic carbocycles. The molecule has 0 aliphatic heterocycles. The summed E-state index contributed by atoms with van der Waals surface area (Å²) < 4.78 is 5.43. The van der Waals surface area contributed by atoms with Gasteiger partial charge in [-0.1, -0.05) is 25.1 Å². The van der Waals surface area contributed by atoms with Crippen molar-refractivity contribution in [3.8, 4) is 5.75 Å². The van der Waals surface area contributed by atoms with Crippen LogP contribution in [0.1, 0.15) is 29.8 Å². The van der Waals surface area contributed by atoms with E-state index in [1.54, 1.807) is 31.2 Å². The summed E-state index contributed by atoms with van der Waals surface area (Å²) in [6, 6.07) is 14.3. The predicted molar refractivity (Wildman–Crippen MR) is 92.6 cm³/mol. The number of rotatable bonds is 6. The quantitative estimate of drug-likeness (QED) is 0.431. The topological polar surface area (TPSA) is 93.4 Å². The van der Waals surface area contributed by atoms with Gasteiger partial charge < -0.3 is 10.1 Å². The number of carbonyl (C=O) groups excluding carboxylic acids is 2. The summed E-state index contributed by atoms with van der Waals surface area (Å²) in [6.45, 7) is 3.63. The zero-order chi connectivity index (χ0) is 17.5. The van der Waals surface area contributed by atoms with Crippen molar-refractivity contribution in [1.29, 1.82) is 0 Å². The maximum Gasteiger partial charge on any atom is 0.274 e. The minimum absolute atomic E-state index is 0.199. The van der Waals surface area contributed by atoms with Crippen molar-refractivity contribution in [2.45, 2.75) is 26.4 Å². The van der Waals surface area contributed by atoms with Crippen molar-refractivity contribution >= 4 is 17.5 Å². The summed E-state index contributed by atoms with van der Waals surface area (Å²) in [5.41, 5.74) is 4.41. The molecule has 6 heteroatoms. The molecule has 24 heavy (non-hydrogen) atoms. The van der Waals surface area contributed by atoms with Gasteiger partial charge in [-0.15, -0.1) is 0 Å². The molecule has 0 bridgehead atoms. The van der Waals surface area contributed by atoms with Crippen LogP contribution >= 0.6 is 0 Å². The lowest BCUT2D eigenvalue weighted by Crippen LogP contribution is -2.40. The van der Waals surface area contributed by atoms with E-state index >= 15 is 0 Å². The van der Waals surface area contributed by atoms with Gasteiger partial charge in [0.15, 0.2) is 6.10 Å². The molecule has 0 heterocycles. The first kappa shape index (κ1) is 17.5. The number of benzene rings is 2. The van der Waals surface area contributed by atoms with Crippen LogP contribution in [0.2, 0.25) is 0 Å². The Morgan fingerprint density at radius 3 is 2.42 bits per heavy atom. The Hall–Kier alpha value is -2.86. The molecule has 0 saturated heterocycles. The SMILES string of the molecule is CCc1ccccc1NC(=O)c1ccc(OC(C)C(=O)NN)cc1. The molecule has 0 aliphatic carbocycles. The number of anilines is 1. The van der Waals surface area contributed by atoms with Gasteiger partial charge in [0.2, 0.25) is 0 Å². The lowest BCUT2D eigenvalue weighted by molar-refractivity contribution is -0.127. The summed E-state index contributed by atoms with van der Waals surface area (Å²) >= 11 is 0. The van der Waals surface area contributed by atoms with Crippen LogP contribution in [-0.2, 0) is 11.2 Å². The van der Waals surface area contributed by atoms with E-state index in [9.17, 15) is 9.59 Å². The van der Waals surface area contributed by atoms with E-state index in [1.807, 2.05) is 36.6 Å². The molecule has 0 fully saturated rings. The maximum absolute atomic E-state index is 12.3. The number of amides is 2. The zero-order valence-electron chi connectivity index (χ0n) is 13.7. The number of aryl methyl sites for hydroxylation is 1. The highest BCUT2D eigenvalue weighted by atomic mass is 16.5. The number of nitrogens with one attached hydrogen (secondary N) is 2. The molecule has 2 amide bonds. The van der Waals surface area contributed by atoms with Gasteiger partial charge in [-0.2, -0.15) is 0 Å². The van der Waals surface area contributed by atoms with Crippen molar-refractivity contribution in [2.24, 2.45) is 5.84 Å². The van der Waals surface area contributed by atoms with Crippen LogP contribution in [0.15, 0.2) is 48.5 Å². The molecule has 0 saturated carbocycles. The van der Waals surface area contributed by atoms with Gasteiger partial charge in [-0.3, -0.25) is 15.0 Å². The Labute approximate surface area is 141 Å². The Kier molecular flexibility index (Phi) is 5.92. The predicted octanol–water partition coefficient (Wildman–Crippen LogP) is 2.26. The number of nitrogens with two attached hydrogens (primary N) is 1. The summed E-state index contributed by atoms with van der Waals surface area (Å²) in [5.74, 6) is 4.92. The largest absolute Gasteiger partial charge is 0.481 e. The molecule has 0 spiro atoms. The molecule has 6 nitrogen and oxygen atoms in total. The fraction of sp³-hybridized carbons (Fsp3) is 0.222. The highest BCUT2D eigenvalue weighted by molar-refractivity contribution is 6.04. The van der Waals surface area contributed by atoms with E-state index in [4.69, 9.17) is 10.6 Å². The maximum atomic E-state index is 12.3. The highest BCUT2D eigenvalue weighted by Gasteiger charge is 2.13. The van der Waals surface area contributed by atoms with Gasteiger partial charge in [0, 0.05) is 11.3 Å². The second-order valence-corrected chi connectivity index (χ2v) is 5.26. The number of hydrogen-bond donors (Lipinski definition) is 3. The first-order valence-electron chi connectivity index (χ1n) is 7.71. The summed E-state index contributed by atoms with van der Waals surface area (Å²) in [4.78, 5) is 23.7. The van der Waals surface area contributed by atoms with Crippen molar-refractivity contribution in [2.75, 3.05) is 5.32 Å². The lowest BCUT2D eigenvalue weighted by atomic mass is 10.1. The third kappa shape index (κ3) is 4.33. The average molecular weight is 327 g/mol. The first-order valence-corrected chi connectivity index (χ1v) is 7.71. The standard InChI is InChI=1S/C18H21N3O3/c1-3-13-6-4-5-7-16(13)20-18(23)14-8-10-15(11-9-14)24-12(2)17(22)21-19/h4-12H,3,19H2,1-2H3,(H,20,23)(H,21,22). The van der Waals surface area contributed by atoms with Gasteiger partial charge in [0.05, 0.1) is 0 Å². The van der Waals surface area contributed by atoms with Crippen LogP contribution < -0.4 is 21.3 Å². The van der Waals surface area contributed by atoms with Crippen LogP contribution in [0.25, 0.3) is 0 Å². The monoisotopic (exact) mass is 327 g/mol. The molecule has 0 aliphatic rings. The number of ether oxygens (including phenoxy) is 1. The van der Waals surface area contributed by atoms with E-state index in [1.165, 1.54) is 0 Å². The third-order valence-corrected chi connectivity index (χ3v) is 3.59. The lowest BCUT2D eigenvalue weighted by Gasteiger charge is -2.13. The van der Waals surface area contributed by atoms with Gasteiger partial charge in [0.25, 0.3) is 11.8 Å². The number of carbonyl (C=O) groups is 2. The van der Waals surface area contributed by atoms with Crippen LogP contribution in [-0.4, -0.2) is 17.9 Å². The molecule has 126 valence electrons. The van der Waals surface area contributed by atoms with Gasteiger partial charge >= 0.3 is 0 Å². The van der Waals surface area contributed by atoms with E-state index in [0.29, 0.717) is 11.3 Å². The third-order valence-electron chi connectivity index (χ3n) is 3.59. The van der Waals surface area contributed by atoms with Crippen LogP contribution in [0.5, 0.6) is 5.75 Å². The molecule has 2 aromatic rings. The van der Waals surface area contributed by atoms with Gasteiger partial charge in [-0.25, -0.2) is 5.84 Å². The van der Waals surface area contributed by atoms with E-state index in [-0.39, 0.29) is 5.91 Å². The second kappa shape index (κ2) is 8.12. The summed E-state index contributed by atoms with van der Waals surface area (Å²) in [5, 5.41) is 2.90. The normalized spacial score (nSPS) is 11.5. The van der Waals surface area contributed by atoms with Crippen molar-refractivity contribution < 1.29 is 14.3 Å². The summed E-state index contributed by atoms with van der Waals surface area (Å²) in [7, 11) is 0. The molecule has 0 radical (unpaired) electrons. The highest BCUT2D eigenvalue weighted by Crippen LogP contribution is 2.18. The molecule has 0 aromatic heterocycles. The first-order chi connectivity index (χ1) is 11.5. The van der Waals surface area contributed by atoms with Crippen LogP contribution in [0.3, 0.4) is 0 Å².